The van der Waals surface area contributed by atoms with Crippen molar-refractivity contribution in [3.05, 3.63) is 34.9 Å². The van der Waals surface area contributed by atoms with Crippen LogP contribution >= 0.6 is 11.6 Å². The summed E-state index contributed by atoms with van der Waals surface area (Å²) in [7, 11) is 0. The molecule has 3 rings (SSSR count). The van der Waals surface area contributed by atoms with Gasteiger partial charge >= 0.3 is 0 Å². The molecule has 0 aliphatic heterocycles. The van der Waals surface area contributed by atoms with Crippen molar-refractivity contribution in [1.29, 1.82) is 0 Å². The van der Waals surface area contributed by atoms with Crippen LogP contribution < -0.4 is 5.32 Å². The minimum atomic E-state index is 0.751. The molecule has 2 aliphatic carbocycles. The Morgan fingerprint density at radius 2 is 1.82 bits per heavy atom. The average Bonchev–Trinajstić information content (AvgIpc) is 2.95. The summed E-state index contributed by atoms with van der Waals surface area (Å²) in [6.45, 7) is 3.59. The summed E-state index contributed by atoms with van der Waals surface area (Å²) in [5, 5.41) is 4.53. The highest BCUT2D eigenvalue weighted by molar-refractivity contribution is 6.30. The Kier molecular flexibility index (Phi) is 3.14. The minimum Gasteiger partial charge on any atom is -0.314 e. The highest BCUT2D eigenvalue weighted by atomic mass is 35.5. The molecule has 1 aromatic carbocycles. The van der Waals surface area contributed by atoms with Crippen molar-refractivity contribution >= 4 is 11.6 Å². The van der Waals surface area contributed by atoms with Gasteiger partial charge in [0.1, 0.15) is 0 Å². The van der Waals surface area contributed by atoms with Crippen LogP contribution in [0.3, 0.4) is 0 Å². The molecule has 2 unspecified atom stereocenters. The zero-order chi connectivity index (χ0) is 11.8. The van der Waals surface area contributed by atoms with Crippen LogP contribution in [-0.4, -0.2) is 12.6 Å². The van der Waals surface area contributed by atoms with E-state index in [-0.39, 0.29) is 0 Å². The fourth-order valence-electron chi connectivity index (χ4n) is 2.79. The number of hydrogen-bond donors (Lipinski definition) is 1. The summed E-state index contributed by atoms with van der Waals surface area (Å²) >= 11 is 5.90. The van der Waals surface area contributed by atoms with Crippen molar-refractivity contribution in [3.63, 3.8) is 0 Å². The zero-order valence-electron chi connectivity index (χ0n) is 10.3. The van der Waals surface area contributed by atoms with E-state index in [0.29, 0.717) is 0 Å². The van der Waals surface area contributed by atoms with Gasteiger partial charge < -0.3 is 5.32 Å². The molecule has 0 radical (unpaired) electrons. The molecule has 0 spiro atoms. The van der Waals surface area contributed by atoms with E-state index in [0.717, 1.165) is 28.8 Å². The van der Waals surface area contributed by atoms with Crippen LogP contribution in [0.5, 0.6) is 0 Å². The molecule has 17 heavy (non-hydrogen) atoms. The monoisotopic (exact) mass is 249 g/mol. The van der Waals surface area contributed by atoms with Crippen LogP contribution in [0.15, 0.2) is 24.3 Å². The summed E-state index contributed by atoms with van der Waals surface area (Å²) in [5.41, 5.74) is 1.45. The third-order valence-corrected chi connectivity index (χ3v) is 4.68. The molecule has 1 aromatic rings. The highest BCUT2D eigenvalue weighted by Gasteiger charge is 2.35. The second-order valence-corrected chi connectivity index (χ2v) is 6.23. The number of halogens is 1. The first-order valence-corrected chi connectivity index (χ1v) is 7.09. The molecule has 0 saturated heterocycles. The van der Waals surface area contributed by atoms with Crippen LogP contribution in [0, 0.1) is 11.8 Å². The largest absolute Gasteiger partial charge is 0.314 e. The van der Waals surface area contributed by atoms with Crippen molar-refractivity contribution in [1.82, 2.24) is 5.32 Å². The number of nitrogens with one attached hydrogen (secondary N) is 1. The van der Waals surface area contributed by atoms with E-state index >= 15 is 0 Å². The van der Waals surface area contributed by atoms with Gasteiger partial charge in [-0.2, -0.15) is 0 Å². The van der Waals surface area contributed by atoms with Crippen LogP contribution in [0.25, 0.3) is 0 Å². The number of benzene rings is 1. The topological polar surface area (TPSA) is 12.0 Å². The molecular formula is C15H20ClN. The van der Waals surface area contributed by atoms with Gasteiger partial charge in [0.2, 0.25) is 0 Å². The maximum atomic E-state index is 5.90. The van der Waals surface area contributed by atoms with Gasteiger partial charge in [0.15, 0.2) is 0 Å². The van der Waals surface area contributed by atoms with E-state index in [1.807, 2.05) is 12.1 Å². The summed E-state index contributed by atoms with van der Waals surface area (Å²) in [4.78, 5) is 0. The van der Waals surface area contributed by atoms with Crippen molar-refractivity contribution in [2.24, 2.45) is 11.8 Å². The normalized spacial score (nSPS) is 35.4. The quantitative estimate of drug-likeness (QED) is 0.855. The molecule has 92 valence electrons. The second kappa shape index (κ2) is 4.62. The van der Waals surface area contributed by atoms with Gasteiger partial charge in [0, 0.05) is 11.1 Å². The van der Waals surface area contributed by atoms with E-state index in [9.17, 15) is 0 Å². The second-order valence-electron chi connectivity index (χ2n) is 5.80. The lowest BCUT2D eigenvalue weighted by Crippen LogP contribution is -2.41. The SMILES string of the molecule is CC1CC1CNC1CC(c2ccc(Cl)cc2)C1. The smallest absolute Gasteiger partial charge is 0.0406 e. The molecule has 2 fully saturated rings. The summed E-state index contributed by atoms with van der Waals surface area (Å²) in [6, 6.07) is 9.11. The Bertz CT molecular complexity index is 380. The predicted octanol–water partition coefficient (Wildman–Crippen LogP) is 3.83. The summed E-state index contributed by atoms with van der Waals surface area (Å²) in [5.74, 6) is 2.68. The van der Waals surface area contributed by atoms with Crippen LogP contribution in [0.1, 0.15) is 37.7 Å². The lowest BCUT2D eigenvalue weighted by Gasteiger charge is -2.36. The van der Waals surface area contributed by atoms with Crippen molar-refractivity contribution in [3.8, 4) is 0 Å². The third-order valence-electron chi connectivity index (χ3n) is 4.42. The Labute approximate surface area is 109 Å². The first-order chi connectivity index (χ1) is 8.22. The standard InChI is InChI=1S/C15H20ClN/c1-10-6-13(10)9-17-15-7-12(8-15)11-2-4-14(16)5-3-11/h2-5,10,12-13,15,17H,6-9H2,1H3. The average molecular weight is 250 g/mol. The Morgan fingerprint density at radius 1 is 1.18 bits per heavy atom. The molecule has 2 heteroatoms. The molecule has 0 aromatic heterocycles. The molecule has 1 nitrogen and oxygen atoms in total. The van der Waals surface area contributed by atoms with Gasteiger partial charge in [-0.25, -0.2) is 0 Å². The predicted molar refractivity (Wildman–Crippen MR) is 72.5 cm³/mol. The van der Waals surface area contributed by atoms with Crippen LogP contribution in [-0.2, 0) is 0 Å². The molecule has 0 bridgehead atoms. The molecule has 1 N–H and O–H groups in total. The number of hydrogen-bond acceptors (Lipinski definition) is 1. The first kappa shape index (κ1) is 11.6. The van der Waals surface area contributed by atoms with E-state index in [1.54, 1.807) is 0 Å². The molecule has 0 amide bonds. The lowest BCUT2D eigenvalue weighted by molar-refractivity contribution is 0.287. The third kappa shape index (κ3) is 2.66. The Morgan fingerprint density at radius 3 is 2.41 bits per heavy atom. The Balaban J connectivity index is 1.43. The summed E-state index contributed by atoms with van der Waals surface area (Å²) < 4.78 is 0. The molecule has 0 heterocycles. The highest BCUT2D eigenvalue weighted by Crippen LogP contribution is 2.40. The van der Waals surface area contributed by atoms with Gasteiger partial charge in [-0.1, -0.05) is 30.7 Å². The van der Waals surface area contributed by atoms with E-state index < -0.39 is 0 Å². The van der Waals surface area contributed by atoms with Gasteiger partial charge in [-0.3, -0.25) is 0 Å². The van der Waals surface area contributed by atoms with Crippen LogP contribution in [0.4, 0.5) is 0 Å². The van der Waals surface area contributed by atoms with Crippen molar-refractivity contribution in [2.75, 3.05) is 6.54 Å². The van der Waals surface area contributed by atoms with Crippen molar-refractivity contribution < 1.29 is 0 Å². The van der Waals surface area contributed by atoms with Gasteiger partial charge in [-0.05, 0) is 61.3 Å². The van der Waals surface area contributed by atoms with E-state index in [1.165, 1.54) is 31.4 Å². The molecule has 2 aliphatic rings. The molecule has 2 atom stereocenters. The minimum absolute atomic E-state index is 0.751. The van der Waals surface area contributed by atoms with Crippen LogP contribution in [0.2, 0.25) is 5.02 Å². The lowest BCUT2D eigenvalue weighted by atomic mass is 9.76. The Hall–Kier alpha value is -0.530. The van der Waals surface area contributed by atoms with Gasteiger partial charge in [-0.15, -0.1) is 0 Å². The first-order valence-electron chi connectivity index (χ1n) is 6.71. The molecule has 2 saturated carbocycles. The summed E-state index contributed by atoms with van der Waals surface area (Å²) in [6.07, 6.45) is 4.02. The number of rotatable bonds is 4. The molecular weight excluding hydrogens is 230 g/mol. The fraction of sp³-hybridized carbons (Fsp3) is 0.600. The maximum absolute atomic E-state index is 5.90. The van der Waals surface area contributed by atoms with Crippen molar-refractivity contribution in [2.45, 2.75) is 38.1 Å². The zero-order valence-corrected chi connectivity index (χ0v) is 11.1. The van der Waals surface area contributed by atoms with E-state index in [2.05, 4.69) is 24.4 Å². The van der Waals surface area contributed by atoms with Gasteiger partial charge in [0.25, 0.3) is 0 Å². The maximum Gasteiger partial charge on any atom is 0.0406 e. The fourth-order valence-corrected chi connectivity index (χ4v) is 2.92. The van der Waals surface area contributed by atoms with Gasteiger partial charge in [0.05, 0.1) is 0 Å². The van der Waals surface area contributed by atoms with E-state index in [4.69, 9.17) is 11.6 Å².